The van der Waals surface area contributed by atoms with Crippen molar-refractivity contribution in [2.24, 2.45) is 0 Å². The molecule has 0 saturated heterocycles. The molecular weight excluding hydrogens is 398 g/mol. The molecule has 0 aliphatic carbocycles. The molecule has 31 heavy (non-hydrogen) atoms. The lowest BCUT2D eigenvalue weighted by Crippen LogP contribution is -2.44. The van der Waals surface area contributed by atoms with Gasteiger partial charge < -0.3 is 25.8 Å². The molecule has 0 heterocycles. The summed E-state index contributed by atoms with van der Waals surface area (Å²) in [5.74, 6) is -0.994. The molecule has 4 N–H and O–H groups in total. The quantitative estimate of drug-likeness (QED) is 0.437. The predicted molar refractivity (Wildman–Crippen MR) is 118 cm³/mol. The largest absolute Gasteiger partial charge is 0.459 e. The van der Waals surface area contributed by atoms with E-state index in [0.29, 0.717) is 11.4 Å². The maximum atomic E-state index is 12.6. The van der Waals surface area contributed by atoms with Gasteiger partial charge in [0.2, 0.25) is 5.91 Å². The fraction of sp³-hybridized carbons (Fsp3) is 0.348. The Morgan fingerprint density at radius 2 is 1.65 bits per heavy atom. The zero-order chi connectivity index (χ0) is 22.9. The SMILES string of the molecule is CC(C)(C)OC(=O)N[C@H](CCC(=O)Nc1ccccc1N)C(=O)OCc1ccccc1. The van der Waals surface area contributed by atoms with Crippen molar-refractivity contribution >= 4 is 29.3 Å². The van der Waals surface area contributed by atoms with Crippen molar-refractivity contribution < 1.29 is 23.9 Å². The predicted octanol–water partition coefficient (Wildman–Crippen LogP) is 3.62. The van der Waals surface area contributed by atoms with Crippen LogP contribution >= 0.6 is 0 Å². The maximum absolute atomic E-state index is 12.6. The summed E-state index contributed by atoms with van der Waals surface area (Å²) in [7, 11) is 0. The molecule has 2 aromatic rings. The van der Waals surface area contributed by atoms with Crippen LogP contribution in [-0.4, -0.2) is 29.6 Å². The number of hydrogen-bond donors (Lipinski definition) is 3. The van der Waals surface area contributed by atoms with Crippen LogP contribution in [0.4, 0.5) is 16.2 Å². The molecule has 0 spiro atoms. The van der Waals surface area contributed by atoms with Gasteiger partial charge in [0.25, 0.3) is 0 Å². The number of carbonyl (C=O) groups excluding carboxylic acids is 3. The highest BCUT2D eigenvalue weighted by Gasteiger charge is 2.26. The molecule has 2 amide bonds. The smallest absolute Gasteiger partial charge is 0.408 e. The number of rotatable bonds is 8. The van der Waals surface area contributed by atoms with Crippen LogP contribution in [0.25, 0.3) is 0 Å². The van der Waals surface area contributed by atoms with Crippen LogP contribution in [0, 0.1) is 0 Å². The summed E-state index contributed by atoms with van der Waals surface area (Å²) >= 11 is 0. The third-order valence-corrected chi connectivity index (χ3v) is 4.09. The highest BCUT2D eigenvalue weighted by Crippen LogP contribution is 2.17. The highest BCUT2D eigenvalue weighted by atomic mass is 16.6. The molecule has 8 heteroatoms. The summed E-state index contributed by atoms with van der Waals surface area (Å²) < 4.78 is 10.6. The van der Waals surface area contributed by atoms with E-state index in [0.717, 1.165) is 5.56 Å². The monoisotopic (exact) mass is 427 g/mol. The minimum absolute atomic E-state index is 0.0325. The Bertz CT molecular complexity index is 894. The second-order valence-corrected chi connectivity index (χ2v) is 7.97. The number of esters is 1. The third-order valence-electron chi connectivity index (χ3n) is 4.09. The van der Waals surface area contributed by atoms with Gasteiger partial charge in [-0.05, 0) is 44.9 Å². The van der Waals surface area contributed by atoms with Gasteiger partial charge >= 0.3 is 12.1 Å². The average Bonchev–Trinajstić information content (AvgIpc) is 2.70. The summed E-state index contributed by atoms with van der Waals surface area (Å²) in [5, 5.41) is 5.19. The first-order chi connectivity index (χ1) is 14.6. The molecule has 0 fully saturated rings. The second kappa shape index (κ2) is 11.0. The number of benzene rings is 2. The molecular formula is C23H29N3O5. The molecule has 1 atom stereocenters. The zero-order valence-electron chi connectivity index (χ0n) is 18.0. The highest BCUT2D eigenvalue weighted by molar-refractivity contribution is 5.94. The Kier molecular flexibility index (Phi) is 8.43. The Balaban J connectivity index is 1.98. The number of carbonyl (C=O) groups is 3. The van der Waals surface area contributed by atoms with E-state index in [1.165, 1.54) is 0 Å². The van der Waals surface area contributed by atoms with Crippen LogP contribution in [0.1, 0.15) is 39.2 Å². The number of para-hydroxylation sites is 2. The van der Waals surface area contributed by atoms with Crippen LogP contribution in [0.5, 0.6) is 0 Å². The van der Waals surface area contributed by atoms with Crippen molar-refractivity contribution in [2.75, 3.05) is 11.1 Å². The number of amides is 2. The molecule has 0 aromatic heterocycles. The molecule has 8 nitrogen and oxygen atoms in total. The Morgan fingerprint density at radius 3 is 2.29 bits per heavy atom. The number of hydrogen-bond acceptors (Lipinski definition) is 6. The normalized spacial score (nSPS) is 11.8. The summed E-state index contributed by atoms with van der Waals surface area (Å²) in [6.07, 6.45) is -0.761. The summed E-state index contributed by atoms with van der Waals surface area (Å²) in [5.41, 5.74) is 6.82. The van der Waals surface area contributed by atoms with E-state index in [9.17, 15) is 14.4 Å². The molecule has 0 saturated carbocycles. The van der Waals surface area contributed by atoms with Gasteiger partial charge in [-0.15, -0.1) is 0 Å². The fourth-order valence-corrected chi connectivity index (χ4v) is 2.63. The van der Waals surface area contributed by atoms with Gasteiger partial charge in [0.05, 0.1) is 11.4 Å². The van der Waals surface area contributed by atoms with Gasteiger partial charge in [-0.25, -0.2) is 9.59 Å². The zero-order valence-corrected chi connectivity index (χ0v) is 18.0. The number of nitrogen functional groups attached to an aromatic ring is 1. The van der Waals surface area contributed by atoms with E-state index in [4.69, 9.17) is 15.2 Å². The minimum Gasteiger partial charge on any atom is -0.459 e. The minimum atomic E-state index is -1.04. The number of nitrogens with two attached hydrogens (primary N) is 1. The molecule has 0 unspecified atom stereocenters. The van der Waals surface area contributed by atoms with Crippen LogP contribution < -0.4 is 16.4 Å². The van der Waals surface area contributed by atoms with Crippen molar-refractivity contribution in [3.05, 3.63) is 60.2 Å². The van der Waals surface area contributed by atoms with E-state index in [1.807, 2.05) is 30.3 Å². The van der Waals surface area contributed by atoms with Gasteiger partial charge in [-0.2, -0.15) is 0 Å². The van der Waals surface area contributed by atoms with Crippen LogP contribution in [0.3, 0.4) is 0 Å². The van der Waals surface area contributed by atoms with E-state index in [1.54, 1.807) is 45.0 Å². The Labute approximate surface area is 182 Å². The lowest BCUT2D eigenvalue weighted by molar-refractivity contribution is -0.147. The number of anilines is 2. The van der Waals surface area contributed by atoms with Gasteiger partial charge in [-0.1, -0.05) is 42.5 Å². The van der Waals surface area contributed by atoms with Crippen LogP contribution in [0.2, 0.25) is 0 Å². The summed E-state index contributed by atoms with van der Waals surface area (Å²) in [6.45, 7) is 5.20. The van der Waals surface area contributed by atoms with Gasteiger partial charge in [-0.3, -0.25) is 4.79 Å². The van der Waals surface area contributed by atoms with Crippen molar-refractivity contribution in [1.29, 1.82) is 0 Å². The molecule has 166 valence electrons. The summed E-state index contributed by atoms with van der Waals surface area (Å²) in [4.78, 5) is 37.1. The topological polar surface area (TPSA) is 120 Å². The van der Waals surface area contributed by atoms with Crippen molar-refractivity contribution in [3.8, 4) is 0 Å². The molecule has 0 aliphatic heterocycles. The van der Waals surface area contributed by atoms with Gasteiger partial charge in [0.1, 0.15) is 18.2 Å². The number of nitrogens with one attached hydrogen (secondary N) is 2. The van der Waals surface area contributed by atoms with E-state index in [-0.39, 0.29) is 25.4 Å². The van der Waals surface area contributed by atoms with E-state index >= 15 is 0 Å². The Hall–Kier alpha value is -3.55. The van der Waals surface area contributed by atoms with E-state index < -0.39 is 23.7 Å². The molecule has 0 radical (unpaired) electrons. The standard InChI is InChI=1S/C23H29N3O5/c1-23(2,3)31-22(29)26-19(21(28)30-15-16-9-5-4-6-10-16)13-14-20(27)25-18-12-8-7-11-17(18)24/h4-12,19H,13-15,24H2,1-3H3,(H,25,27)(H,26,29)/t19-/m1/s1. The number of alkyl carbamates (subject to hydrolysis) is 1. The third kappa shape index (κ3) is 8.77. The first-order valence-electron chi connectivity index (χ1n) is 9.98. The average molecular weight is 428 g/mol. The van der Waals surface area contributed by atoms with Gasteiger partial charge in [0.15, 0.2) is 0 Å². The molecule has 2 aromatic carbocycles. The van der Waals surface area contributed by atoms with Crippen molar-refractivity contribution in [2.45, 2.75) is 51.9 Å². The first kappa shape index (κ1) is 23.7. The van der Waals surface area contributed by atoms with Crippen LogP contribution in [-0.2, 0) is 25.7 Å². The number of ether oxygens (including phenoxy) is 2. The summed E-state index contributed by atoms with van der Waals surface area (Å²) in [6, 6.07) is 15.0. The lowest BCUT2D eigenvalue weighted by Gasteiger charge is -2.23. The second-order valence-electron chi connectivity index (χ2n) is 7.97. The lowest BCUT2D eigenvalue weighted by atomic mass is 10.1. The first-order valence-corrected chi connectivity index (χ1v) is 9.98. The van der Waals surface area contributed by atoms with E-state index in [2.05, 4.69) is 10.6 Å². The van der Waals surface area contributed by atoms with Gasteiger partial charge in [0, 0.05) is 6.42 Å². The Morgan fingerprint density at radius 1 is 1.00 bits per heavy atom. The molecule has 0 bridgehead atoms. The maximum Gasteiger partial charge on any atom is 0.408 e. The molecule has 0 aliphatic rings. The van der Waals surface area contributed by atoms with Crippen LogP contribution in [0.15, 0.2) is 54.6 Å². The molecule has 2 rings (SSSR count). The van der Waals surface area contributed by atoms with Crippen molar-refractivity contribution in [1.82, 2.24) is 5.32 Å². The fourth-order valence-electron chi connectivity index (χ4n) is 2.63. The van der Waals surface area contributed by atoms with Crippen molar-refractivity contribution in [3.63, 3.8) is 0 Å².